The van der Waals surface area contributed by atoms with Crippen LogP contribution in [0.3, 0.4) is 0 Å². The van der Waals surface area contributed by atoms with Gasteiger partial charge in [0.25, 0.3) is 0 Å². The van der Waals surface area contributed by atoms with E-state index in [9.17, 15) is 0 Å². The van der Waals surface area contributed by atoms with Gasteiger partial charge >= 0.3 is 0 Å². The van der Waals surface area contributed by atoms with E-state index in [4.69, 9.17) is 5.11 Å². The van der Waals surface area contributed by atoms with Gasteiger partial charge in [-0.2, -0.15) is 0 Å². The summed E-state index contributed by atoms with van der Waals surface area (Å²) in [5.74, 6) is 0.560. The van der Waals surface area contributed by atoms with Crippen molar-refractivity contribution >= 4 is 0 Å². The molecule has 0 bridgehead atoms. The van der Waals surface area contributed by atoms with Crippen LogP contribution in [0.15, 0.2) is 0 Å². The standard InChI is InChI=1S/C8H18O.ClH.Fe/c1-3-5-6-8(4-2)7-9;;/h8-9H,3-7H2,1-2H3;1H;/p-1. The minimum Gasteiger partial charge on any atom is -1.00 e. The topological polar surface area (TPSA) is 20.2 Å². The van der Waals surface area contributed by atoms with E-state index in [-0.39, 0.29) is 29.5 Å². The Hall–Kier alpha value is 0.769. The molecule has 11 heavy (non-hydrogen) atoms. The molecule has 0 aliphatic heterocycles. The van der Waals surface area contributed by atoms with Crippen molar-refractivity contribution in [1.82, 2.24) is 0 Å². The first-order chi connectivity index (χ1) is 4.35. The zero-order valence-electron chi connectivity index (χ0n) is 7.29. The summed E-state index contributed by atoms with van der Waals surface area (Å²) >= 11 is 0. The van der Waals surface area contributed by atoms with E-state index in [0.29, 0.717) is 12.5 Å². The van der Waals surface area contributed by atoms with Crippen LogP contribution in [0.5, 0.6) is 0 Å². The van der Waals surface area contributed by atoms with Crippen molar-refractivity contribution in [3.8, 4) is 0 Å². The van der Waals surface area contributed by atoms with E-state index in [1.807, 2.05) is 0 Å². The molecule has 3 heteroatoms. The molecular weight excluding hydrogens is 203 g/mol. The van der Waals surface area contributed by atoms with Gasteiger partial charge in [-0.1, -0.05) is 33.1 Å². The Balaban J connectivity index is -0.000000320. The maximum Gasteiger partial charge on any atom is 0.0459 e. The number of aliphatic hydroxyl groups excluding tert-OH is 1. The Morgan fingerprint density at radius 3 is 2.09 bits per heavy atom. The third kappa shape index (κ3) is 10.8. The molecule has 0 aliphatic rings. The second-order valence-electron chi connectivity index (χ2n) is 2.60. The summed E-state index contributed by atoms with van der Waals surface area (Å²) in [4.78, 5) is 0. The SMILES string of the molecule is CCCCC(CC)CO.[Cl-].[Fe]. The fourth-order valence-electron chi connectivity index (χ4n) is 0.917. The molecule has 0 aromatic carbocycles. The second-order valence-corrected chi connectivity index (χ2v) is 2.60. The third-order valence-electron chi connectivity index (χ3n) is 1.80. The van der Waals surface area contributed by atoms with Gasteiger partial charge in [0.05, 0.1) is 0 Å². The van der Waals surface area contributed by atoms with Crippen LogP contribution in [0.2, 0.25) is 0 Å². The van der Waals surface area contributed by atoms with Crippen molar-refractivity contribution in [2.75, 3.05) is 6.61 Å². The van der Waals surface area contributed by atoms with Crippen LogP contribution in [-0.2, 0) is 17.1 Å². The molecule has 0 heterocycles. The molecule has 0 saturated carbocycles. The molecule has 0 fully saturated rings. The number of unbranched alkanes of at least 4 members (excludes halogenated alkanes) is 1. The van der Waals surface area contributed by atoms with E-state index < -0.39 is 0 Å². The van der Waals surface area contributed by atoms with Crippen molar-refractivity contribution in [3.05, 3.63) is 0 Å². The van der Waals surface area contributed by atoms with E-state index in [1.54, 1.807) is 0 Å². The maximum atomic E-state index is 8.75. The predicted molar refractivity (Wildman–Crippen MR) is 40.4 cm³/mol. The summed E-state index contributed by atoms with van der Waals surface area (Å²) in [5.41, 5.74) is 0. The summed E-state index contributed by atoms with van der Waals surface area (Å²) in [7, 11) is 0. The predicted octanol–water partition coefficient (Wildman–Crippen LogP) is -0.803. The van der Waals surface area contributed by atoms with E-state index in [1.165, 1.54) is 19.3 Å². The fourth-order valence-corrected chi connectivity index (χ4v) is 0.917. The van der Waals surface area contributed by atoms with Crippen LogP contribution in [0.25, 0.3) is 0 Å². The third-order valence-corrected chi connectivity index (χ3v) is 1.80. The Kier molecular flexibility index (Phi) is 21.6. The minimum atomic E-state index is 0. The van der Waals surface area contributed by atoms with Crippen molar-refractivity contribution in [2.24, 2.45) is 5.92 Å². The summed E-state index contributed by atoms with van der Waals surface area (Å²) in [6, 6.07) is 0. The molecule has 0 saturated heterocycles. The van der Waals surface area contributed by atoms with E-state index >= 15 is 0 Å². The van der Waals surface area contributed by atoms with Crippen molar-refractivity contribution in [1.29, 1.82) is 0 Å². The van der Waals surface area contributed by atoms with Gasteiger partial charge in [0.2, 0.25) is 0 Å². The fraction of sp³-hybridized carbons (Fsp3) is 1.00. The normalized spacial score (nSPS) is 11.2. The van der Waals surface area contributed by atoms with Crippen LogP contribution in [0, 0.1) is 5.92 Å². The van der Waals surface area contributed by atoms with E-state index in [0.717, 1.165) is 6.42 Å². The smallest absolute Gasteiger partial charge is 0.0459 e. The summed E-state index contributed by atoms with van der Waals surface area (Å²) in [6.45, 7) is 4.69. The molecule has 0 aliphatic carbocycles. The number of hydrogen-bond acceptors (Lipinski definition) is 1. The van der Waals surface area contributed by atoms with Gasteiger partial charge in [0, 0.05) is 23.7 Å². The van der Waals surface area contributed by atoms with Gasteiger partial charge in [-0.3, -0.25) is 0 Å². The van der Waals surface area contributed by atoms with Crippen LogP contribution < -0.4 is 12.4 Å². The number of rotatable bonds is 5. The van der Waals surface area contributed by atoms with E-state index in [2.05, 4.69) is 13.8 Å². The Morgan fingerprint density at radius 2 is 1.82 bits per heavy atom. The Labute approximate surface area is 86.8 Å². The summed E-state index contributed by atoms with van der Waals surface area (Å²) < 4.78 is 0. The second kappa shape index (κ2) is 13.4. The average molecular weight is 222 g/mol. The van der Waals surface area contributed by atoms with Crippen LogP contribution in [-0.4, -0.2) is 11.7 Å². The first-order valence-electron chi connectivity index (χ1n) is 3.96. The zero-order chi connectivity index (χ0) is 7.11. The molecular formula is C8H18ClFeO-. The molecule has 1 unspecified atom stereocenters. The Bertz CT molecular complexity index is 58.1. The first kappa shape index (κ1) is 17.8. The quantitative estimate of drug-likeness (QED) is 0.603. The molecule has 0 radical (unpaired) electrons. The summed E-state index contributed by atoms with van der Waals surface area (Å²) in [5, 5.41) is 8.75. The largest absolute Gasteiger partial charge is 1.00 e. The monoisotopic (exact) mass is 221 g/mol. The maximum absolute atomic E-state index is 8.75. The van der Waals surface area contributed by atoms with Crippen LogP contribution in [0.1, 0.15) is 39.5 Å². The number of halogens is 1. The Morgan fingerprint density at radius 1 is 1.27 bits per heavy atom. The number of aliphatic hydroxyl groups is 1. The molecule has 0 spiro atoms. The van der Waals surface area contributed by atoms with Gasteiger partial charge in [0.1, 0.15) is 0 Å². The van der Waals surface area contributed by atoms with Gasteiger partial charge < -0.3 is 17.5 Å². The number of hydrogen-bond donors (Lipinski definition) is 1. The molecule has 1 N–H and O–H groups in total. The van der Waals surface area contributed by atoms with Gasteiger partial charge in [-0.05, 0) is 12.3 Å². The van der Waals surface area contributed by atoms with Gasteiger partial charge in [-0.15, -0.1) is 0 Å². The molecule has 72 valence electrons. The molecule has 0 aromatic heterocycles. The molecule has 0 aromatic rings. The van der Waals surface area contributed by atoms with Crippen molar-refractivity contribution in [3.63, 3.8) is 0 Å². The molecule has 1 atom stereocenters. The van der Waals surface area contributed by atoms with Gasteiger partial charge in [0.15, 0.2) is 0 Å². The van der Waals surface area contributed by atoms with Gasteiger partial charge in [-0.25, -0.2) is 0 Å². The average Bonchev–Trinajstić information content (AvgIpc) is 1.91. The van der Waals surface area contributed by atoms with Crippen LogP contribution in [0.4, 0.5) is 0 Å². The van der Waals surface area contributed by atoms with Crippen LogP contribution >= 0.6 is 0 Å². The molecule has 0 amide bonds. The molecule has 0 rings (SSSR count). The zero-order valence-corrected chi connectivity index (χ0v) is 9.15. The summed E-state index contributed by atoms with van der Waals surface area (Å²) in [6.07, 6.45) is 4.83. The first-order valence-corrected chi connectivity index (χ1v) is 3.96. The minimum absolute atomic E-state index is 0. The van der Waals surface area contributed by atoms with Crippen molar-refractivity contribution < 1.29 is 34.6 Å². The molecule has 1 nitrogen and oxygen atoms in total. The van der Waals surface area contributed by atoms with Crippen molar-refractivity contribution in [2.45, 2.75) is 39.5 Å².